The Morgan fingerprint density at radius 1 is 0.962 bits per heavy atom. The van der Waals surface area contributed by atoms with Gasteiger partial charge in [0.25, 0.3) is 0 Å². The van der Waals surface area contributed by atoms with Gasteiger partial charge in [0.2, 0.25) is 5.91 Å². The second-order valence-corrected chi connectivity index (χ2v) is 8.15. The van der Waals surface area contributed by atoms with Crippen LogP contribution in [0.25, 0.3) is 0 Å². The molecular weight excluding hydrogens is 354 g/mol. The first-order valence-electron chi connectivity index (χ1n) is 8.19. The number of rotatable bonds is 9. The van der Waals surface area contributed by atoms with E-state index < -0.39 is 15.8 Å². The van der Waals surface area contributed by atoms with Crippen molar-refractivity contribution >= 4 is 21.7 Å². The van der Waals surface area contributed by atoms with Gasteiger partial charge in [-0.25, -0.2) is 13.2 Å². The van der Waals surface area contributed by atoms with Crippen molar-refractivity contribution in [3.8, 4) is 0 Å². The molecule has 2 N–H and O–H groups in total. The van der Waals surface area contributed by atoms with Crippen molar-refractivity contribution in [2.45, 2.75) is 18.6 Å². The standard InChI is InChI=1S/C19H21NO5S/c21-18(13-16-8-4-9-17(12-16)19(22)23)20-10-5-11-26(24,25)14-15-6-2-1-3-7-15/h1-4,6-9,12H,5,10-11,13-14H2,(H,20,21)(H,22,23). The zero-order chi connectivity index (χ0) is 19.0. The van der Waals surface area contributed by atoms with Crippen LogP contribution in [-0.2, 0) is 26.8 Å². The second-order valence-electron chi connectivity index (χ2n) is 5.96. The molecule has 26 heavy (non-hydrogen) atoms. The molecule has 0 aliphatic heterocycles. The highest BCUT2D eigenvalue weighted by Gasteiger charge is 2.12. The molecule has 0 aliphatic rings. The van der Waals surface area contributed by atoms with Crippen molar-refractivity contribution in [2.75, 3.05) is 12.3 Å². The van der Waals surface area contributed by atoms with Gasteiger partial charge in [-0.05, 0) is 29.7 Å². The molecule has 0 heterocycles. The van der Waals surface area contributed by atoms with Gasteiger partial charge in [-0.2, -0.15) is 0 Å². The van der Waals surface area contributed by atoms with Gasteiger partial charge >= 0.3 is 5.97 Å². The normalized spacial score (nSPS) is 11.1. The minimum Gasteiger partial charge on any atom is -0.478 e. The SMILES string of the molecule is O=C(Cc1cccc(C(=O)O)c1)NCCCS(=O)(=O)Cc1ccccc1. The van der Waals surface area contributed by atoms with E-state index in [9.17, 15) is 18.0 Å². The Kier molecular flexibility index (Phi) is 6.91. The molecule has 0 aromatic heterocycles. The van der Waals surface area contributed by atoms with Gasteiger partial charge in [-0.3, -0.25) is 4.79 Å². The maximum Gasteiger partial charge on any atom is 0.335 e. The fraction of sp³-hybridized carbons (Fsp3) is 0.263. The van der Waals surface area contributed by atoms with Gasteiger partial charge in [0.05, 0.1) is 23.5 Å². The number of hydrogen-bond donors (Lipinski definition) is 2. The average Bonchev–Trinajstić information content (AvgIpc) is 2.59. The van der Waals surface area contributed by atoms with Crippen molar-refractivity contribution in [3.63, 3.8) is 0 Å². The number of sulfone groups is 1. The zero-order valence-corrected chi connectivity index (χ0v) is 15.0. The predicted molar refractivity (Wildman–Crippen MR) is 98.7 cm³/mol. The molecular formula is C19H21NO5S. The van der Waals surface area contributed by atoms with Crippen LogP contribution in [0.1, 0.15) is 27.9 Å². The molecule has 2 aromatic carbocycles. The number of carbonyl (C=O) groups excluding carboxylic acids is 1. The van der Waals surface area contributed by atoms with Gasteiger partial charge in [0.1, 0.15) is 0 Å². The van der Waals surface area contributed by atoms with E-state index >= 15 is 0 Å². The van der Waals surface area contributed by atoms with E-state index in [2.05, 4.69) is 5.32 Å². The molecule has 2 aromatic rings. The third-order valence-electron chi connectivity index (χ3n) is 3.72. The van der Waals surface area contributed by atoms with Crippen LogP contribution in [0.5, 0.6) is 0 Å². The smallest absolute Gasteiger partial charge is 0.335 e. The predicted octanol–water partition coefficient (Wildman–Crippen LogP) is 2.05. The summed E-state index contributed by atoms with van der Waals surface area (Å²) in [4.78, 5) is 22.8. The molecule has 6 nitrogen and oxygen atoms in total. The van der Waals surface area contributed by atoms with E-state index in [1.807, 2.05) is 6.07 Å². The minimum atomic E-state index is -3.22. The molecule has 0 radical (unpaired) electrons. The first kappa shape index (κ1) is 19.7. The first-order valence-corrected chi connectivity index (χ1v) is 10.0. The van der Waals surface area contributed by atoms with Crippen molar-refractivity contribution in [1.82, 2.24) is 5.32 Å². The van der Waals surface area contributed by atoms with Crippen LogP contribution in [0.3, 0.4) is 0 Å². The Labute approximate surface area is 152 Å². The number of carboxylic acid groups (broad SMARTS) is 1. The van der Waals surface area contributed by atoms with Crippen molar-refractivity contribution in [1.29, 1.82) is 0 Å². The third kappa shape index (κ3) is 6.68. The highest BCUT2D eigenvalue weighted by Crippen LogP contribution is 2.08. The quantitative estimate of drug-likeness (QED) is 0.653. The van der Waals surface area contributed by atoms with Crippen LogP contribution < -0.4 is 5.32 Å². The number of benzene rings is 2. The van der Waals surface area contributed by atoms with Gasteiger partial charge in [-0.15, -0.1) is 0 Å². The van der Waals surface area contributed by atoms with Crippen LogP contribution in [-0.4, -0.2) is 37.7 Å². The Hall–Kier alpha value is -2.67. The summed E-state index contributed by atoms with van der Waals surface area (Å²) in [5.41, 5.74) is 1.47. The summed E-state index contributed by atoms with van der Waals surface area (Å²) in [5, 5.41) is 11.6. The van der Waals surface area contributed by atoms with E-state index in [1.54, 1.807) is 36.4 Å². The van der Waals surface area contributed by atoms with E-state index in [-0.39, 0.29) is 35.9 Å². The van der Waals surface area contributed by atoms with Crippen LogP contribution in [0.4, 0.5) is 0 Å². The van der Waals surface area contributed by atoms with E-state index in [0.717, 1.165) is 5.56 Å². The number of carbonyl (C=O) groups is 2. The summed E-state index contributed by atoms with van der Waals surface area (Å²) in [6.07, 6.45) is 0.383. The highest BCUT2D eigenvalue weighted by molar-refractivity contribution is 7.90. The molecule has 2 rings (SSSR count). The lowest BCUT2D eigenvalue weighted by Crippen LogP contribution is -2.27. The lowest BCUT2D eigenvalue weighted by molar-refractivity contribution is -0.120. The minimum absolute atomic E-state index is 0.00330. The summed E-state index contributed by atoms with van der Waals surface area (Å²) >= 11 is 0. The van der Waals surface area contributed by atoms with Gasteiger partial charge in [-0.1, -0.05) is 42.5 Å². The average molecular weight is 375 g/mol. The third-order valence-corrected chi connectivity index (χ3v) is 5.41. The lowest BCUT2D eigenvalue weighted by Gasteiger charge is -2.07. The van der Waals surface area contributed by atoms with Crippen LogP contribution in [0.2, 0.25) is 0 Å². The molecule has 0 aliphatic carbocycles. The van der Waals surface area contributed by atoms with Gasteiger partial charge in [0, 0.05) is 6.54 Å². The summed E-state index contributed by atoms with van der Waals surface area (Å²) in [6, 6.07) is 15.1. The molecule has 0 fully saturated rings. The van der Waals surface area contributed by atoms with Crippen LogP contribution in [0, 0.1) is 0 Å². The van der Waals surface area contributed by atoms with Crippen molar-refractivity contribution < 1.29 is 23.1 Å². The molecule has 0 atom stereocenters. The van der Waals surface area contributed by atoms with Crippen LogP contribution >= 0.6 is 0 Å². The maximum absolute atomic E-state index is 12.1. The molecule has 7 heteroatoms. The number of hydrogen-bond acceptors (Lipinski definition) is 4. The Balaban J connectivity index is 1.74. The molecule has 1 amide bonds. The molecule has 0 saturated heterocycles. The number of nitrogens with one attached hydrogen (secondary N) is 1. The number of amides is 1. The largest absolute Gasteiger partial charge is 0.478 e. The zero-order valence-electron chi connectivity index (χ0n) is 14.2. The van der Waals surface area contributed by atoms with Gasteiger partial charge in [0.15, 0.2) is 9.84 Å². The maximum atomic E-state index is 12.1. The summed E-state index contributed by atoms with van der Waals surface area (Å²) in [6.45, 7) is 0.255. The number of aromatic carboxylic acids is 1. The number of carboxylic acids is 1. The van der Waals surface area contributed by atoms with Crippen LogP contribution in [0.15, 0.2) is 54.6 Å². The van der Waals surface area contributed by atoms with E-state index in [4.69, 9.17) is 5.11 Å². The van der Waals surface area contributed by atoms with Crippen molar-refractivity contribution in [3.05, 3.63) is 71.3 Å². The Morgan fingerprint density at radius 3 is 2.35 bits per heavy atom. The summed E-state index contributed by atoms with van der Waals surface area (Å²) < 4.78 is 24.1. The van der Waals surface area contributed by atoms with E-state index in [0.29, 0.717) is 12.0 Å². The molecule has 138 valence electrons. The fourth-order valence-corrected chi connectivity index (χ4v) is 3.91. The lowest BCUT2D eigenvalue weighted by atomic mass is 10.1. The van der Waals surface area contributed by atoms with Gasteiger partial charge < -0.3 is 10.4 Å². The molecule has 0 spiro atoms. The molecule has 0 saturated carbocycles. The fourth-order valence-electron chi connectivity index (χ4n) is 2.48. The second kappa shape index (κ2) is 9.15. The Morgan fingerprint density at radius 2 is 1.65 bits per heavy atom. The monoisotopic (exact) mass is 375 g/mol. The Bertz CT molecular complexity index is 863. The molecule has 0 bridgehead atoms. The summed E-state index contributed by atoms with van der Waals surface area (Å²) in [7, 11) is -3.22. The first-order chi connectivity index (χ1) is 12.4. The molecule has 0 unspecified atom stereocenters. The topological polar surface area (TPSA) is 101 Å². The highest BCUT2D eigenvalue weighted by atomic mass is 32.2. The van der Waals surface area contributed by atoms with E-state index in [1.165, 1.54) is 12.1 Å². The summed E-state index contributed by atoms with van der Waals surface area (Å²) in [5.74, 6) is -1.33. The van der Waals surface area contributed by atoms with Crippen molar-refractivity contribution in [2.24, 2.45) is 0 Å².